The third-order valence-electron chi connectivity index (χ3n) is 5.47. The number of carboxylic acids is 3. The maximum absolute atomic E-state index is 12.7. The Morgan fingerprint density at radius 1 is 1.05 bits per heavy atom. The Hall–Kier alpha value is -4.15. The van der Waals surface area contributed by atoms with Crippen LogP contribution in [0.1, 0.15) is 34.5 Å². The summed E-state index contributed by atoms with van der Waals surface area (Å²) in [5.74, 6) is -6.26. The highest BCUT2D eigenvalue weighted by Crippen LogP contribution is 2.25. The van der Waals surface area contributed by atoms with Gasteiger partial charge in [-0.1, -0.05) is 6.07 Å². The molecule has 2 atom stereocenters. The Kier molecular flexibility index (Phi) is 12.1. The third kappa shape index (κ3) is 10.5. The molecule has 1 amide bonds. The van der Waals surface area contributed by atoms with Gasteiger partial charge >= 0.3 is 30.3 Å². The number of amides is 1. The van der Waals surface area contributed by atoms with Crippen LogP contribution in [-0.4, -0.2) is 91.9 Å². The van der Waals surface area contributed by atoms with Crippen LogP contribution in [0.25, 0.3) is 0 Å². The van der Waals surface area contributed by atoms with Crippen molar-refractivity contribution in [3.63, 3.8) is 0 Å². The van der Waals surface area contributed by atoms with Crippen LogP contribution in [0.3, 0.4) is 0 Å². The molecular formula is C23H25F6N3O8. The van der Waals surface area contributed by atoms with Crippen LogP contribution >= 0.6 is 0 Å². The van der Waals surface area contributed by atoms with E-state index < -0.39 is 36.3 Å². The van der Waals surface area contributed by atoms with E-state index in [0.29, 0.717) is 30.8 Å². The Morgan fingerprint density at radius 3 is 2.00 bits per heavy atom. The van der Waals surface area contributed by atoms with Crippen LogP contribution < -0.4 is 0 Å². The van der Waals surface area contributed by atoms with Crippen molar-refractivity contribution in [2.24, 2.45) is 0 Å². The van der Waals surface area contributed by atoms with Crippen molar-refractivity contribution in [2.45, 2.75) is 50.7 Å². The standard InChI is InChI=1S/C19H23N3O4.2C2HF3O2/c1-13-16(6-9-26-13)18(23)22-8-5-15(10-17(22)19(24)25)21(2)12-14-4-3-7-20-11-14;2*3-2(4,5)1(6)7/h3-4,6-7,9,11,15,17H,5,8,10,12H2,1-2H3,(H,24,25);2*(H,6,7). The minimum absolute atomic E-state index is 0.0887. The van der Waals surface area contributed by atoms with Gasteiger partial charge in [0.15, 0.2) is 0 Å². The first-order chi connectivity index (χ1) is 18.4. The van der Waals surface area contributed by atoms with Gasteiger partial charge in [0.05, 0.1) is 11.8 Å². The second kappa shape index (κ2) is 14.3. The summed E-state index contributed by atoms with van der Waals surface area (Å²) < 4.78 is 68.7. The van der Waals surface area contributed by atoms with E-state index in [4.69, 9.17) is 24.2 Å². The maximum Gasteiger partial charge on any atom is 0.490 e. The van der Waals surface area contributed by atoms with Crippen LogP contribution in [0.4, 0.5) is 26.3 Å². The first-order valence-corrected chi connectivity index (χ1v) is 11.1. The molecule has 1 saturated heterocycles. The number of pyridine rings is 1. The van der Waals surface area contributed by atoms with Gasteiger partial charge in [-0.05, 0) is 44.5 Å². The first kappa shape index (κ1) is 33.9. The van der Waals surface area contributed by atoms with Crippen LogP contribution in [0.2, 0.25) is 0 Å². The summed E-state index contributed by atoms with van der Waals surface area (Å²) in [6, 6.07) is 4.73. The molecule has 0 aliphatic carbocycles. The van der Waals surface area contributed by atoms with Gasteiger partial charge in [-0.2, -0.15) is 26.3 Å². The Morgan fingerprint density at radius 2 is 1.60 bits per heavy atom. The van der Waals surface area contributed by atoms with Gasteiger partial charge in [0.2, 0.25) is 0 Å². The molecule has 3 rings (SSSR count). The van der Waals surface area contributed by atoms with Crippen LogP contribution in [-0.2, 0) is 20.9 Å². The van der Waals surface area contributed by atoms with Crippen molar-refractivity contribution >= 4 is 23.8 Å². The van der Waals surface area contributed by atoms with Gasteiger partial charge in [-0.3, -0.25) is 14.7 Å². The molecule has 40 heavy (non-hydrogen) atoms. The summed E-state index contributed by atoms with van der Waals surface area (Å²) in [5.41, 5.74) is 1.51. The topological polar surface area (TPSA) is 161 Å². The molecule has 0 saturated carbocycles. The molecule has 222 valence electrons. The predicted molar refractivity (Wildman–Crippen MR) is 122 cm³/mol. The van der Waals surface area contributed by atoms with Gasteiger partial charge in [-0.25, -0.2) is 14.4 Å². The third-order valence-corrected chi connectivity index (χ3v) is 5.47. The molecule has 3 N–H and O–H groups in total. The van der Waals surface area contributed by atoms with E-state index in [0.717, 1.165) is 12.0 Å². The first-order valence-electron chi connectivity index (χ1n) is 11.1. The number of alkyl halides is 6. The summed E-state index contributed by atoms with van der Waals surface area (Å²) in [4.78, 5) is 50.0. The zero-order valence-corrected chi connectivity index (χ0v) is 20.9. The number of likely N-dealkylation sites (tertiary alicyclic amines) is 1. The average Bonchev–Trinajstić information content (AvgIpc) is 3.29. The molecule has 1 aliphatic rings. The van der Waals surface area contributed by atoms with Gasteiger partial charge in [0.1, 0.15) is 11.8 Å². The lowest BCUT2D eigenvalue weighted by molar-refractivity contribution is -0.193. The second-order valence-corrected chi connectivity index (χ2v) is 8.30. The smallest absolute Gasteiger partial charge is 0.480 e. The van der Waals surface area contributed by atoms with E-state index in [1.165, 1.54) is 11.2 Å². The van der Waals surface area contributed by atoms with E-state index in [1.54, 1.807) is 19.2 Å². The monoisotopic (exact) mass is 585 g/mol. The number of piperidine rings is 1. The van der Waals surface area contributed by atoms with Crippen molar-refractivity contribution in [1.29, 1.82) is 0 Å². The molecule has 1 fully saturated rings. The van der Waals surface area contributed by atoms with E-state index in [1.807, 2.05) is 25.4 Å². The largest absolute Gasteiger partial charge is 0.490 e. The number of carboxylic acid groups (broad SMARTS) is 3. The van der Waals surface area contributed by atoms with Crippen molar-refractivity contribution < 1.29 is 65.3 Å². The summed E-state index contributed by atoms with van der Waals surface area (Å²) in [6.07, 6.45) is -4.05. The molecule has 11 nitrogen and oxygen atoms in total. The zero-order valence-electron chi connectivity index (χ0n) is 20.9. The number of carbonyl (C=O) groups excluding carboxylic acids is 1. The van der Waals surface area contributed by atoms with Crippen molar-refractivity contribution in [3.05, 3.63) is 53.7 Å². The SMILES string of the molecule is Cc1occc1C(=O)N1CCC(N(C)Cc2cccnc2)CC1C(=O)O.O=C(O)C(F)(F)F.O=C(O)C(F)(F)F. The fourth-order valence-corrected chi connectivity index (χ4v) is 3.49. The minimum Gasteiger partial charge on any atom is -0.480 e. The summed E-state index contributed by atoms with van der Waals surface area (Å²) in [7, 11) is 1.98. The van der Waals surface area contributed by atoms with Gasteiger partial charge < -0.3 is 24.6 Å². The number of carbonyl (C=O) groups is 4. The average molecular weight is 585 g/mol. The quantitative estimate of drug-likeness (QED) is 0.444. The van der Waals surface area contributed by atoms with E-state index in [9.17, 15) is 41.0 Å². The molecule has 0 radical (unpaired) electrons. The molecule has 3 heterocycles. The number of furan rings is 1. The molecule has 2 aromatic rings. The molecule has 0 aromatic carbocycles. The second-order valence-electron chi connectivity index (χ2n) is 8.30. The molecule has 17 heteroatoms. The Bertz CT molecular complexity index is 1130. The summed E-state index contributed by atoms with van der Waals surface area (Å²) >= 11 is 0. The van der Waals surface area contributed by atoms with Crippen molar-refractivity contribution in [3.8, 4) is 0 Å². The summed E-state index contributed by atoms with van der Waals surface area (Å²) in [5, 5.41) is 23.9. The van der Waals surface area contributed by atoms with Gasteiger partial charge in [0, 0.05) is 31.5 Å². The number of aliphatic carboxylic acids is 3. The lowest BCUT2D eigenvalue weighted by Gasteiger charge is -2.40. The highest BCUT2D eigenvalue weighted by molar-refractivity contribution is 5.97. The van der Waals surface area contributed by atoms with Crippen LogP contribution in [0.15, 0.2) is 41.3 Å². The van der Waals surface area contributed by atoms with E-state index in [-0.39, 0.29) is 11.9 Å². The van der Waals surface area contributed by atoms with Gasteiger partial charge in [0.25, 0.3) is 5.91 Å². The summed E-state index contributed by atoms with van der Waals surface area (Å²) in [6.45, 7) is 2.81. The molecule has 2 unspecified atom stereocenters. The number of nitrogens with zero attached hydrogens (tertiary/aromatic N) is 3. The Balaban J connectivity index is 0.000000473. The highest BCUT2D eigenvalue weighted by atomic mass is 19.4. The fourth-order valence-electron chi connectivity index (χ4n) is 3.49. The zero-order chi connectivity index (χ0) is 30.8. The normalized spacial score (nSPS) is 17.2. The molecule has 2 aromatic heterocycles. The van der Waals surface area contributed by atoms with Crippen molar-refractivity contribution in [1.82, 2.24) is 14.8 Å². The molecule has 0 bridgehead atoms. The molecule has 0 spiro atoms. The number of rotatable bonds is 5. The highest BCUT2D eigenvalue weighted by Gasteiger charge is 2.39. The minimum atomic E-state index is -5.08. The fraction of sp³-hybridized carbons (Fsp3) is 0.435. The van der Waals surface area contributed by atoms with E-state index in [2.05, 4.69) is 9.88 Å². The van der Waals surface area contributed by atoms with Gasteiger partial charge in [-0.15, -0.1) is 0 Å². The van der Waals surface area contributed by atoms with Crippen molar-refractivity contribution in [2.75, 3.05) is 13.6 Å². The molecular weight excluding hydrogens is 560 g/mol. The Labute approximate surface area is 222 Å². The lowest BCUT2D eigenvalue weighted by Crippen LogP contribution is -2.54. The lowest BCUT2D eigenvalue weighted by atomic mass is 9.95. The number of hydrogen-bond acceptors (Lipinski definition) is 7. The maximum atomic E-state index is 12.7. The predicted octanol–water partition coefficient (Wildman–Crippen LogP) is 3.44. The number of aromatic nitrogens is 1. The van der Waals surface area contributed by atoms with Crippen LogP contribution in [0.5, 0.6) is 0 Å². The number of hydrogen-bond donors (Lipinski definition) is 3. The number of aryl methyl sites for hydroxylation is 1. The molecule has 1 aliphatic heterocycles. The van der Waals surface area contributed by atoms with Crippen LogP contribution in [0, 0.1) is 6.92 Å². The number of halogens is 6. The van der Waals surface area contributed by atoms with E-state index >= 15 is 0 Å².